The van der Waals surface area contributed by atoms with Crippen LogP contribution in [-0.4, -0.2) is 24.8 Å². The summed E-state index contributed by atoms with van der Waals surface area (Å²) >= 11 is 0. The quantitative estimate of drug-likeness (QED) is 0.365. The summed E-state index contributed by atoms with van der Waals surface area (Å²) in [6.07, 6.45) is 1.42. The maximum absolute atomic E-state index is 12.1. The molecule has 31 heavy (non-hydrogen) atoms. The van der Waals surface area contributed by atoms with Crippen molar-refractivity contribution in [3.8, 4) is 17.2 Å². The molecule has 8 heteroatoms. The molecule has 1 aliphatic heterocycles. The zero-order valence-electron chi connectivity index (χ0n) is 16.4. The Hall–Kier alpha value is -4.33. The van der Waals surface area contributed by atoms with E-state index in [9.17, 15) is 9.59 Å². The molecule has 0 saturated carbocycles. The summed E-state index contributed by atoms with van der Waals surface area (Å²) in [4.78, 5) is 24.1. The standard InChI is InChI=1S/C23H19N3O5/c27-22(25-18-10-11-20-21(12-18)31-15-30-20)23(28)26-24-13-17-8-4-5-9-19(17)29-14-16-6-2-1-3-7-16/h1-13H,14-15H2,(H,25,27)(H,26,28)/b24-13-. The normalized spacial score (nSPS) is 11.9. The first kappa shape index (κ1) is 20.0. The number of ether oxygens (including phenoxy) is 3. The van der Waals surface area contributed by atoms with Crippen LogP contribution in [0.1, 0.15) is 11.1 Å². The van der Waals surface area contributed by atoms with Gasteiger partial charge in [0.2, 0.25) is 6.79 Å². The number of hydrazone groups is 1. The topological polar surface area (TPSA) is 98.2 Å². The molecule has 0 bridgehead atoms. The van der Waals surface area contributed by atoms with Gasteiger partial charge >= 0.3 is 11.8 Å². The van der Waals surface area contributed by atoms with Crippen LogP contribution in [0, 0.1) is 0 Å². The van der Waals surface area contributed by atoms with E-state index in [1.54, 1.807) is 30.3 Å². The highest BCUT2D eigenvalue weighted by Crippen LogP contribution is 2.34. The van der Waals surface area contributed by atoms with Crippen LogP contribution >= 0.6 is 0 Å². The summed E-state index contributed by atoms with van der Waals surface area (Å²) in [5.74, 6) is -0.0704. The van der Waals surface area contributed by atoms with Gasteiger partial charge in [0.25, 0.3) is 0 Å². The molecule has 0 atom stereocenters. The Balaban J connectivity index is 1.32. The van der Waals surface area contributed by atoms with Crippen molar-refractivity contribution in [3.05, 3.63) is 83.9 Å². The van der Waals surface area contributed by atoms with E-state index in [2.05, 4.69) is 15.8 Å². The lowest BCUT2D eigenvalue weighted by molar-refractivity contribution is -0.136. The smallest absolute Gasteiger partial charge is 0.329 e. The lowest BCUT2D eigenvalue weighted by Gasteiger charge is -2.09. The minimum absolute atomic E-state index is 0.123. The van der Waals surface area contributed by atoms with Gasteiger partial charge in [0.05, 0.1) is 6.21 Å². The van der Waals surface area contributed by atoms with Crippen LogP contribution in [0.2, 0.25) is 0 Å². The second kappa shape index (κ2) is 9.45. The molecule has 3 aromatic rings. The number of nitrogens with one attached hydrogen (secondary N) is 2. The van der Waals surface area contributed by atoms with Gasteiger partial charge in [-0.2, -0.15) is 5.10 Å². The summed E-state index contributed by atoms with van der Waals surface area (Å²) < 4.78 is 16.3. The van der Waals surface area contributed by atoms with Gasteiger partial charge in [-0.25, -0.2) is 5.43 Å². The second-order valence-corrected chi connectivity index (χ2v) is 6.53. The van der Waals surface area contributed by atoms with Crippen LogP contribution in [0.3, 0.4) is 0 Å². The number of hydrogen-bond donors (Lipinski definition) is 2. The van der Waals surface area contributed by atoms with Crippen LogP contribution < -0.4 is 25.0 Å². The molecular weight excluding hydrogens is 398 g/mol. The van der Waals surface area contributed by atoms with Crippen LogP contribution in [0.25, 0.3) is 0 Å². The predicted molar refractivity (Wildman–Crippen MR) is 114 cm³/mol. The van der Waals surface area contributed by atoms with Crippen molar-refractivity contribution in [2.45, 2.75) is 6.61 Å². The minimum Gasteiger partial charge on any atom is -0.488 e. The van der Waals surface area contributed by atoms with E-state index >= 15 is 0 Å². The number of carbonyl (C=O) groups is 2. The molecule has 0 saturated heterocycles. The van der Waals surface area contributed by atoms with Crippen molar-refractivity contribution in [2.24, 2.45) is 5.10 Å². The van der Waals surface area contributed by atoms with Crippen molar-refractivity contribution >= 4 is 23.7 Å². The molecule has 2 N–H and O–H groups in total. The van der Waals surface area contributed by atoms with E-state index in [0.717, 1.165) is 5.56 Å². The van der Waals surface area contributed by atoms with Gasteiger partial charge in [-0.15, -0.1) is 0 Å². The highest BCUT2D eigenvalue weighted by molar-refractivity contribution is 6.39. The Morgan fingerprint density at radius 3 is 2.58 bits per heavy atom. The molecule has 1 aliphatic rings. The van der Waals surface area contributed by atoms with Gasteiger partial charge < -0.3 is 19.5 Å². The Morgan fingerprint density at radius 1 is 0.935 bits per heavy atom. The number of benzene rings is 3. The molecule has 3 aromatic carbocycles. The SMILES string of the molecule is O=C(N/N=C\c1ccccc1OCc1ccccc1)C(=O)Nc1ccc2c(c1)OCO2. The Bertz CT molecular complexity index is 1120. The monoisotopic (exact) mass is 417 g/mol. The lowest BCUT2D eigenvalue weighted by Crippen LogP contribution is -2.32. The van der Waals surface area contributed by atoms with Crippen LogP contribution in [0.4, 0.5) is 5.69 Å². The first-order valence-corrected chi connectivity index (χ1v) is 9.49. The fourth-order valence-electron chi connectivity index (χ4n) is 2.83. The van der Waals surface area contributed by atoms with Crippen molar-refractivity contribution in [1.82, 2.24) is 5.43 Å². The molecule has 0 spiro atoms. The second-order valence-electron chi connectivity index (χ2n) is 6.53. The number of anilines is 1. The van der Waals surface area contributed by atoms with Crippen molar-refractivity contribution in [3.63, 3.8) is 0 Å². The van der Waals surface area contributed by atoms with Crippen LogP contribution in [0.5, 0.6) is 17.2 Å². The van der Waals surface area contributed by atoms with Crippen molar-refractivity contribution in [2.75, 3.05) is 12.1 Å². The fourth-order valence-corrected chi connectivity index (χ4v) is 2.83. The molecule has 2 amide bonds. The molecule has 156 valence electrons. The molecule has 0 aliphatic carbocycles. The summed E-state index contributed by atoms with van der Waals surface area (Å²) in [7, 11) is 0. The third-order valence-corrected chi connectivity index (χ3v) is 4.36. The zero-order chi connectivity index (χ0) is 21.5. The van der Waals surface area contributed by atoms with Gasteiger partial charge in [0.15, 0.2) is 11.5 Å². The van der Waals surface area contributed by atoms with Crippen molar-refractivity contribution < 1.29 is 23.8 Å². The van der Waals surface area contributed by atoms with E-state index in [1.807, 2.05) is 42.5 Å². The van der Waals surface area contributed by atoms with Gasteiger partial charge in [0, 0.05) is 17.3 Å². The third kappa shape index (κ3) is 5.18. The Kier molecular flexibility index (Phi) is 6.08. The van der Waals surface area contributed by atoms with Crippen LogP contribution in [0.15, 0.2) is 77.9 Å². The van der Waals surface area contributed by atoms with E-state index < -0.39 is 11.8 Å². The summed E-state index contributed by atoms with van der Waals surface area (Å²) in [5.41, 5.74) is 4.31. The van der Waals surface area contributed by atoms with E-state index in [4.69, 9.17) is 14.2 Å². The lowest BCUT2D eigenvalue weighted by atomic mass is 10.2. The van der Waals surface area contributed by atoms with Gasteiger partial charge in [0.1, 0.15) is 12.4 Å². The molecule has 0 radical (unpaired) electrons. The average Bonchev–Trinajstić information content (AvgIpc) is 3.27. The summed E-state index contributed by atoms with van der Waals surface area (Å²) in [6, 6.07) is 21.9. The molecule has 4 rings (SSSR count). The molecular formula is C23H19N3O5. The number of amides is 2. The van der Waals surface area contributed by atoms with Gasteiger partial charge in [-0.1, -0.05) is 42.5 Å². The number of hydrogen-bond acceptors (Lipinski definition) is 6. The summed E-state index contributed by atoms with van der Waals surface area (Å²) in [5, 5.41) is 6.35. The molecule has 0 aromatic heterocycles. The van der Waals surface area contributed by atoms with E-state index in [0.29, 0.717) is 35.1 Å². The number of carbonyl (C=O) groups excluding carboxylic acids is 2. The van der Waals surface area contributed by atoms with Gasteiger partial charge in [-0.3, -0.25) is 9.59 Å². The highest BCUT2D eigenvalue weighted by Gasteiger charge is 2.17. The average molecular weight is 417 g/mol. The Morgan fingerprint density at radius 2 is 1.71 bits per heavy atom. The zero-order valence-corrected chi connectivity index (χ0v) is 16.4. The molecule has 0 fully saturated rings. The Labute approximate surface area is 178 Å². The van der Waals surface area contributed by atoms with Crippen LogP contribution in [-0.2, 0) is 16.2 Å². The third-order valence-electron chi connectivity index (χ3n) is 4.36. The number of para-hydroxylation sites is 1. The molecule has 0 unspecified atom stereocenters. The van der Waals surface area contributed by atoms with Crippen molar-refractivity contribution in [1.29, 1.82) is 0 Å². The molecule has 1 heterocycles. The van der Waals surface area contributed by atoms with E-state index in [1.165, 1.54) is 6.21 Å². The predicted octanol–water partition coefficient (Wildman–Crippen LogP) is 3.08. The highest BCUT2D eigenvalue weighted by atomic mass is 16.7. The number of fused-ring (bicyclic) bond motifs is 1. The van der Waals surface area contributed by atoms with E-state index in [-0.39, 0.29) is 6.79 Å². The first-order chi connectivity index (χ1) is 15.2. The van der Waals surface area contributed by atoms with Gasteiger partial charge in [-0.05, 0) is 29.8 Å². The fraction of sp³-hybridized carbons (Fsp3) is 0.0870. The first-order valence-electron chi connectivity index (χ1n) is 9.49. The largest absolute Gasteiger partial charge is 0.488 e. The number of nitrogens with zero attached hydrogens (tertiary/aromatic N) is 1. The minimum atomic E-state index is -0.906. The summed E-state index contributed by atoms with van der Waals surface area (Å²) in [6.45, 7) is 0.522. The molecule has 8 nitrogen and oxygen atoms in total. The number of rotatable bonds is 6. The maximum Gasteiger partial charge on any atom is 0.329 e. The maximum atomic E-state index is 12.1.